The van der Waals surface area contributed by atoms with Gasteiger partial charge in [0.05, 0.1) is 0 Å². The predicted octanol–water partition coefficient (Wildman–Crippen LogP) is 5.10. The normalized spacial score (nSPS) is 10.5. The van der Waals surface area contributed by atoms with Crippen molar-refractivity contribution in [3.63, 3.8) is 0 Å². The first-order valence-corrected chi connectivity index (χ1v) is 6.13. The summed E-state index contributed by atoms with van der Waals surface area (Å²) in [7, 11) is 0. The molecule has 1 aromatic rings. The van der Waals surface area contributed by atoms with Crippen molar-refractivity contribution >= 4 is 0 Å². The highest BCUT2D eigenvalue weighted by molar-refractivity contribution is 5.27. The van der Waals surface area contributed by atoms with Gasteiger partial charge in [-0.2, -0.15) is 0 Å². The maximum Gasteiger partial charge on any atom is -0.0104 e. The lowest BCUT2D eigenvalue weighted by molar-refractivity contribution is 0.473. The Morgan fingerprint density at radius 2 is 1.47 bits per heavy atom. The predicted molar refractivity (Wildman–Crippen MR) is 70.5 cm³/mol. The van der Waals surface area contributed by atoms with Gasteiger partial charge in [-0.05, 0) is 24.3 Å². The first-order chi connectivity index (χ1) is 7.06. The van der Waals surface area contributed by atoms with Crippen molar-refractivity contribution in [1.82, 2.24) is 0 Å². The topological polar surface area (TPSA) is 0 Å². The molecular weight excluding hydrogens is 180 g/mol. The molecule has 0 aliphatic carbocycles. The maximum atomic E-state index is 2.32. The van der Waals surface area contributed by atoms with E-state index in [1.165, 1.54) is 24.0 Å². The molecule has 0 N–H and O–H groups in total. The Balaban J connectivity index is 0.000000921. The molecule has 0 aliphatic heterocycles. The lowest BCUT2D eigenvalue weighted by Crippen LogP contribution is -2.16. The van der Waals surface area contributed by atoms with E-state index in [1.807, 2.05) is 13.8 Å². The highest BCUT2D eigenvalue weighted by Gasteiger charge is 2.18. The SMILES string of the molecule is CC.CCCC(C)(C)c1ccc(C)cc1. The van der Waals surface area contributed by atoms with E-state index < -0.39 is 0 Å². The van der Waals surface area contributed by atoms with Crippen molar-refractivity contribution in [3.8, 4) is 0 Å². The van der Waals surface area contributed by atoms with Crippen molar-refractivity contribution in [3.05, 3.63) is 35.4 Å². The summed E-state index contributed by atoms with van der Waals surface area (Å²) in [5.74, 6) is 0. The smallest absolute Gasteiger partial charge is 0.0104 e. The standard InChI is InChI=1S/C13H20.C2H6/c1-5-10-13(3,4)12-8-6-11(2)7-9-12;1-2/h6-9H,5,10H2,1-4H3;1-2H3. The highest BCUT2D eigenvalue weighted by Crippen LogP contribution is 2.28. The molecule has 0 aliphatic rings. The highest BCUT2D eigenvalue weighted by atomic mass is 14.2. The molecule has 0 amide bonds. The Kier molecular flexibility index (Phi) is 6.31. The van der Waals surface area contributed by atoms with Gasteiger partial charge >= 0.3 is 0 Å². The van der Waals surface area contributed by atoms with E-state index in [0.717, 1.165) is 0 Å². The van der Waals surface area contributed by atoms with Gasteiger partial charge in [-0.25, -0.2) is 0 Å². The fourth-order valence-electron chi connectivity index (χ4n) is 1.77. The molecule has 0 saturated heterocycles. The molecule has 0 unspecified atom stereocenters. The van der Waals surface area contributed by atoms with E-state index >= 15 is 0 Å². The van der Waals surface area contributed by atoms with Crippen LogP contribution in [0.15, 0.2) is 24.3 Å². The fourth-order valence-corrected chi connectivity index (χ4v) is 1.77. The summed E-state index contributed by atoms with van der Waals surface area (Å²) in [5, 5.41) is 0. The Bertz CT molecular complexity index is 254. The minimum atomic E-state index is 0.336. The van der Waals surface area contributed by atoms with Gasteiger partial charge < -0.3 is 0 Å². The first-order valence-electron chi connectivity index (χ1n) is 6.13. The molecule has 0 heteroatoms. The number of hydrogen-bond acceptors (Lipinski definition) is 0. The van der Waals surface area contributed by atoms with Gasteiger partial charge in [-0.15, -0.1) is 0 Å². The third-order valence-corrected chi connectivity index (χ3v) is 2.71. The molecule has 0 nitrogen and oxygen atoms in total. The van der Waals surface area contributed by atoms with Crippen LogP contribution in [0.2, 0.25) is 0 Å². The molecule has 1 aromatic carbocycles. The summed E-state index contributed by atoms with van der Waals surface area (Å²) in [6.45, 7) is 13.0. The molecule has 0 bridgehead atoms. The minimum absolute atomic E-state index is 0.336. The minimum Gasteiger partial charge on any atom is -0.0683 e. The molecule has 0 fully saturated rings. The molecule has 15 heavy (non-hydrogen) atoms. The first kappa shape index (κ1) is 14.2. The largest absolute Gasteiger partial charge is 0.0683 e. The average molecular weight is 206 g/mol. The van der Waals surface area contributed by atoms with Crippen molar-refractivity contribution in [2.24, 2.45) is 0 Å². The quantitative estimate of drug-likeness (QED) is 0.645. The van der Waals surface area contributed by atoms with Crippen LogP contribution >= 0.6 is 0 Å². The van der Waals surface area contributed by atoms with E-state index in [4.69, 9.17) is 0 Å². The van der Waals surface area contributed by atoms with Crippen LogP contribution in [0, 0.1) is 6.92 Å². The van der Waals surface area contributed by atoms with Crippen molar-refractivity contribution in [2.45, 2.75) is 59.8 Å². The lowest BCUT2D eigenvalue weighted by atomic mass is 9.80. The molecular formula is C15H26. The van der Waals surface area contributed by atoms with Crippen molar-refractivity contribution < 1.29 is 0 Å². The van der Waals surface area contributed by atoms with E-state index in [9.17, 15) is 0 Å². The summed E-state index contributed by atoms with van der Waals surface area (Å²) < 4.78 is 0. The van der Waals surface area contributed by atoms with Gasteiger partial charge in [0, 0.05) is 0 Å². The number of rotatable bonds is 3. The summed E-state index contributed by atoms with van der Waals surface area (Å²) in [5.41, 5.74) is 3.14. The Morgan fingerprint density at radius 3 is 1.87 bits per heavy atom. The fraction of sp³-hybridized carbons (Fsp3) is 0.600. The van der Waals surface area contributed by atoms with Crippen molar-refractivity contribution in [1.29, 1.82) is 0 Å². The number of hydrogen-bond donors (Lipinski definition) is 0. The third kappa shape index (κ3) is 4.51. The van der Waals surface area contributed by atoms with Crippen LogP contribution in [0.25, 0.3) is 0 Å². The Morgan fingerprint density at radius 1 is 1.00 bits per heavy atom. The van der Waals surface area contributed by atoms with E-state index in [0.29, 0.717) is 5.41 Å². The summed E-state index contributed by atoms with van der Waals surface area (Å²) in [4.78, 5) is 0. The molecule has 0 aromatic heterocycles. The Labute approximate surface area is 95.7 Å². The van der Waals surface area contributed by atoms with Crippen LogP contribution in [0.5, 0.6) is 0 Å². The second kappa shape index (κ2) is 6.66. The van der Waals surface area contributed by atoms with E-state index in [1.54, 1.807) is 0 Å². The molecule has 0 atom stereocenters. The zero-order chi connectivity index (χ0) is 11.9. The zero-order valence-electron chi connectivity index (χ0n) is 11.2. The monoisotopic (exact) mass is 206 g/mol. The van der Waals surface area contributed by atoms with E-state index in [-0.39, 0.29) is 0 Å². The van der Waals surface area contributed by atoms with Crippen LogP contribution < -0.4 is 0 Å². The van der Waals surface area contributed by atoms with Gasteiger partial charge in [-0.3, -0.25) is 0 Å². The van der Waals surface area contributed by atoms with Crippen LogP contribution in [0.4, 0.5) is 0 Å². The summed E-state index contributed by atoms with van der Waals surface area (Å²) >= 11 is 0. The molecule has 0 radical (unpaired) electrons. The third-order valence-electron chi connectivity index (χ3n) is 2.71. The second-order valence-corrected chi connectivity index (χ2v) is 4.50. The average Bonchev–Trinajstić information content (AvgIpc) is 2.21. The summed E-state index contributed by atoms with van der Waals surface area (Å²) in [6.07, 6.45) is 2.51. The van der Waals surface area contributed by atoms with Gasteiger partial charge in [-0.1, -0.05) is 70.9 Å². The van der Waals surface area contributed by atoms with Crippen LogP contribution in [0.3, 0.4) is 0 Å². The summed E-state index contributed by atoms with van der Waals surface area (Å²) in [6, 6.07) is 8.91. The van der Waals surface area contributed by atoms with Crippen molar-refractivity contribution in [2.75, 3.05) is 0 Å². The van der Waals surface area contributed by atoms with Crippen LogP contribution in [0.1, 0.15) is 58.6 Å². The second-order valence-electron chi connectivity index (χ2n) is 4.50. The molecule has 0 spiro atoms. The number of aryl methyl sites for hydroxylation is 1. The van der Waals surface area contributed by atoms with E-state index in [2.05, 4.69) is 52.0 Å². The molecule has 1 rings (SSSR count). The maximum absolute atomic E-state index is 2.32. The van der Waals surface area contributed by atoms with Gasteiger partial charge in [0.15, 0.2) is 0 Å². The molecule has 0 heterocycles. The Hall–Kier alpha value is -0.780. The zero-order valence-corrected chi connectivity index (χ0v) is 11.2. The van der Waals surface area contributed by atoms with Gasteiger partial charge in [0.25, 0.3) is 0 Å². The molecule has 86 valence electrons. The van der Waals surface area contributed by atoms with Crippen LogP contribution in [-0.2, 0) is 5.41 Å². The van der Waals surface area contributed by atoms with Gasteiger partial charge in [0.2, 0.25) is 0 Å². The molecule has 0 saturated carbocycles. The number of benzene rings is 1. The van der Waals surface area contributed by atoms with Crippen LogP contribution in [-0.4, -0.2) is 0 Å². The lowest BCUT2D eigenvalue weighted by Gasteiger charge is -2.24. The van der Waals surface area contributed by atoms with Gasteiger partial charge in [0.1, 0.15) is 0 Å².